The zero-order valence-electron chi connectivity index (χ0n) is 17.2. The molecule has 6 atom stereocenters. The average molecular weight is 400 g/mol. The number of ether oxygens (including phenoxy) is 1. The first kappa shape index (κ1) is 33.5. The van der Waals surface area contributed by atoms with Crippen LogP contribution >= 0.6 is 0 Å². The van der Waals surface area contributed by atoms with Gasteiger partial charge >= 0.3 is 118 Å². The zero-order chi connectivity index (χ0) is 16.3. The molecule has 5 nitrogen and oxygen atoms in total. The van der Waals surface area contributed by atoms with Crippen LogP contribution in [0.5, 0.6) is 0 Å². The molecule has 0 aromatic heterocycles. The van der Waals surface area contributed by atoms with Crippen LogP contribution in [-0.2, 0) is 14.3 Å². The Hall–Kier alpha value is 2.90. The summed E-state index contributed by atoms with van der Waals surface area (Å²) in [5.41, 5.74) is 0. The average Bonchev–Trinajstić information content (AvgIpc) is 3.08. The number of carboxylic acid groups (broad SMARTS) is 2. The van der Waals surface area contributed by atoms with Crippen LogP contribution in [0.2, 0.25) is 0 Å². The second-order valence-electron chi connectivity index (χ2n) is 6.44. The first-order valence-electron chi connectivity index (χ1n) is 8.23. The Kier molecular flexibility index (Phi) is 21.4. The molecule has 0 spiro atoms. The molecule has 0 bridgehead atoms. The number of hydrogen-bond donors (Lipinski definition) is 0. The van der Waals surface area contributed by atoms with Gasteiger partial charge in [0.1, 0.15) is 0 Å². The second-order valence-corrected chi connectivity index (χ2v) is 6.44. The van der Waals surface area contributed by atoms with Gasteiger partial charge in [-0.05, 0) is 6.42 Å². The molecule has 2 rings (SSSR count). The van der Waals surface area contributed by atoms with Crippen molar-refractivity contribution in [2.45, 2.75) is 58.2 Å². The van der Waals surface area contributed by atoms with Gasteiger partial charge in [-0.2, -0.15) is 5.92 Å². The second kappa shape index (κ2) is 16.6. The van der Waals surface area contributed by atoms with Crippen molar-refractivity contribution in [1.82, 2.24) is 0 Å². The van der Waals surface area contributed by atoms with Gasteiger partial charge in [0.2, 0.25) is 0 Å². The number of carboxylic acids is 2. The van der Waals surface area contributed by atoms with Crippen LogP contribution in [0.4, 0.5) is 0 Å². The van der Waals surface area contributed by atoms with Crippen molar-refractivity contribution >= 4 is 11.9 Å². The van der Waals surface area contributed by atoms with Crippen LogP contribution in [0, 0.1) is 36.5 Å². The molecule has 0 N–H and O–H groups in total. The van der Waals surface area contributed by atoms with Gasteiger partial charge in [-0.1, -0.05) is 57.5 Å². The van der Waals surface area contributed by atoms with Crippen molar-refractivity contribution in [3.05, 3.63) is 12.8 Å². The standard InChI is InChI=1S/C17H26O5.4Na/c1-3-10-7-11(13(8-10)16(18)19)5-6-12-9-14(17(20)21)15(4-2)22-12;;;;/h8-15H,3-7H2,1-2H3,(H,18,19)(H,20,21);;;;/q-2;4*+1/p-2. The Morgan fingerprint density at radius 1 is 0.923 bits per heavy atom. The van der Waals surface area contributed by atoms with Crippen LogP contribution in [-0.4, -0.2) is 24.1 Å². The third kappa shape index (κ3) is 9.36. The van der Waals surface area contributed by atoms with E-state index >= 15 is 0 Å². The number of rotatable bonds is 7. The van der Waals surface area contributed by atoms with Crippen molar-refractivity contribution in [1.29, 1.82) is 0 Å². The molecule has 0 radical (unpaired) electrons. The van der Waals surface area contributed by atoms with Gasteiger partial charge < -0.3 is 31.0 Å². The molecule has 26 heavy (non-hydrogen) atoms. The first-order chi connectivity index (χ1) is 10.5. The summed E-state index contributed by atoms with van der Waals surface area (Å²) >= 11 is 0. The van der Waals surface area contributed by atoms with Crippen molar-refractivity contribution in [2.24, 2.45) is 23.7 Å². The van der Waals surface area contributed by atoms with Crippen LogP contribution in [0.15, 0.2) is 0 Å². The summed E-state index contributed by atoms with van der Waals surface area (Å²) < 4.78 is 5.74. The number of carbonyl (C=O) groups is 2. The van der Waals surface area contributed by atoms with Crippen LogP contribution in [0.1, 0.15) is 46.0 Å². The predicted molar refractivity (Wildman–Crippen MR) is 75.7 cm³/mol. The fraction of sp³-hybridized carbons (Fsp3) is 0.765. The fourth-order valence-corrected chi connectivity index (χ4v) is 3.77. The molecule has 1 aliphatic heterocycles. The molecule has 9 heteroatoms. The van der Waals surface area contributed by atoms with Crippen molar-refractivity contribution < 1.29 is 143 Å². The summed E-state index contributed by atoms with van der Waals surface area (Å²) in [6.45, 7) is 3.95. The Balaban J connectivity index is -0.00000132. The van der Waals surface area contributed by atoms with Crippen molar-refractivity contribution in [3.63, 3.8) is 0 Å². The maximum atomic E-state index is 11.2. The molecule has 126 valence electrons. The predicted octanol–water partition coefficient (Wildman–Crippen LogP) is -11.9. The number of hydrogen-bond acceptors (Lipinski definition) is 5. The van der Waals surface area contributed by atoms with E-state index in [9.17, 15) is 19.8 Å². The van der Waals surface area contributed by atoms with Gasteiger partial charge in [-0.15, -0.1) is 5.92 Å². The molecular weight excluding hydrogens is 376 g/mol. The number of aliphatic carboxylic acids is 2. The number of carbonyl (C=O) groups excluding carboxylic acids is 2. The van der Waals surface area contributed by atoms with E-state index in [1.165, 1.54) is 0 Å². The topological polar surface area (TPSA) is 89.5 Å². The molecule has 1 heterocycles. The van der Waals surface area contributed by atoms with Crippen molar-refractivity contribution in [3.8, 4) is 0 Å². The van der Waals surface area contributed by atoms with E-state index in [2.05, 4.69) is 6.92 Å². The summed E-state index contributed by atoms with van der Waals surface area (Å²) in [4.78, 5) is 22.3. The molecule has 6 unspecified atom stereocenters. The summed E-state index contributed by atoms with van der Waals surface area (Å²) in [6.07, 6.45) is 6.84. The molecule has 1 saturated carbocycles. The monoisotopic (exact) mass is 400 g/mol. The first-order valence-corrected chi connectivity index (χ1v) is 8.23. The van der Waals surface area contributed by atoms with Gasteiger partial charge in [0, 0.05) is 18.0 Å². The molecular formula is C17H24Na4O5. The molecule has 2 aliphatic rings. The van der Waals surface area contributed by atoms with Crippen LogP contribution in [0.25, 0.3) is 0 Å². The van der Waals surface area contributed by atoms with E-state index in [4.69, 9.17) is 4.74 Å². The third-order valence-corrected chi connectivity index (χ3v) is 5.06. The fourth-order valence-electron chi connectivity index (χ4n) is 3.77. The maximum absolute atomic E-state index is 11.2. The minimum Gasteiger partial charge on any atom is -0.553 e. The van der Waals surface area contributed by atoms with E-state index in [1.807, 2.05) is 13.3 Å². The Labute approximate surface area is 245 Å². The van der Waals surface area contributed by atoms with E-state index in [1.54, 1.807) is 6.42 Å². The summed E-state index contributed by atoms with van der Waals surface area (Å²) in [7, 11) is 0. The molecule has 0 aromatic carbocycles. The van der Waals surface area contributed by atoms with Gasteiger partial charge in [0.15, 0.2) is 0 Å². The SMILES string of the molecule is CCC1[CH-]C(C(=O)[O-])C(CCC2[CH-]C(C(=O)[O-])C(CC)O2)C1.[Na+].[Na+].[Na+].[Na+]. The van der Waals surface area contributed by atoms with E-state index < -0.39 is 23.8 Å². The third-order valence-electron chi connectivity index (χ3n) is 5.06. The zero-order valence-corrected chi connectivity index (χ0v) is 25.2. The van der Waals surface area contributed by atoms with Crippen molar-refractivity contribution in [2.75, 3.05) is 0 Å². The Bertz CT molecular complexity index is 424. The van der Waals surface area contributed by atoms with E-state index in [-0.39, 0.29) is 136 Å². The minimum atomic E-state index is -1.10. The molecule has 1 aliphatic carbocycles. The molecule has 1 saturated heterocycles. The van der Waals surface area contributed by atoms with E-state index in [0.29, 0.717) is 25.2 Å². The quantitative estimate of drug-likeness (QED) is 0.313. The molecule has 0 aromatic rings. The van der Waals surface area contributed by atoms with Gasteiger partial charge in [-0.3, -0.25) is 6.42 Å². The van der Waals surface area contributed by atoms with Crippen LogP contribution < -0.4 is 128 Å². The normalized spacial score (nSPS) is 32.4. The van der Waals surface area contributed by atoms with Crippen LogP contribution in [0.3, 0.4) is 0 Å². The Morgan fingerprint density at radius 2 is 1.50 bits per heavy atom. The summed E-state index contributed by atoms with van der Waals surface area (Å²) in [5, 5.41) is 22.3. The molecule has 0 amide bonds. The summed E-state index contributed by atoms with van der Waals surface area (Å²) in [5.74, 6) is -2.86. The minimum absolute atomic E-state index is 0. The smallest absolute Gasteiger partial charge is 0.553 e. The van der Waals surface area contributed by atoms with Gasteiger partial charge in [0.25, 0.3) is 0 Å². The van der Waals surface area contributed by atoms with Gasteiger partial charge in [-0.25, -0.2) is 0 Å². The van der Waals surface area contributed by atoms with Gasteiger partial charge in [0.05, 0.1) is 0 Å². The largest absolute Gasteiger partial charge is 1.00 e. The Morgan fingerprint density at radius 3 is 1.92 bits per heavy atom. The summed E-state index contributed by atoms with van der Waals surface area (Å²) in [6, 6.07) is 0. The van der Waals surface area contributed by atoms with E-state index in [0.717, 1.165) is 12.8 Å². The molecule has 2 fully saturated rings. The maximum Gasteiger partial charge on any atom is 1.00 e.